The minimum Gasteiger partial charge on any atom is -0.508 e. The lowest BCUT2D eigenvalue weighted by molar-refractivity contribution is 0.0696. The van der Waals surface area contributed by atoms with E-state index in [4.69, 9.17) is 5.11 Å². The summed E-state index contributed by atoms with van der Waals surface area (Å²) in [5.41, 5.74) is 3.21. The number of benzene rings is 2. The zero-order chi connectivity index (χ0) is 16.1. The molecule has 0 aromatic heterocycles. The summed E-state index contributed by atoms with van der Waals surface area (Å²) in [6.07, 6.45) is 0. The molecule has 0 spiro atoms. The fraction of sp³-hybridized carbons (Fsp3) is 0.278. The molecule has 0 fully saturated rings. The van der Waals surface area contributed by atoms with E-state index >= 15 is 0 Å². The van der Waals surface area contributed by atoms with E-state index < -0.39 is 5.97 Å². The molecule has 2 aromatic carbocycles. The number of carbonyl (C=O) groups is 1. The molecule has 2 rings (SSSR count). The third kappa shape index (κ3) is 4.09. The molecule has 0 saturated heterocycles. The number of aromatic hydroxyl groups is 1. The molecule has 0 saturated carbocycles. The number of carboxylic acid groups (broad SMARTS) is 1. The number of hydrogen-bond acceptors (Lipinski definition) is 3. The van der Waals surface area contributed by atoms with Crippen molar-refractivity contribution in [1.29, 1.82) is 0 Å². The molecule has 4 nitrogen and oxygen atoms in total. The Bertz CT molecular complexity index is 665. The van der Waals surface area contributed by atoms with Gasteiger partial charge in [-0.3, -0.25) is 0 Å². The maximum Gasteiger partial charge on any atom is 0.335 e. The first kappa shape index (κ1) is 16.0. The smallest absolute Gasteiger partial charge is 0.335 e. The molecular weight excluding hydrogens is 278 g/mol. The summed E-state index contributed by atoms with van der Waals surface area (Å²) in [5.74, 6) is -0.244. The molecule has 0 amide bonds. The zero-order valence-electron chi connectivity index (χ0n) is 12.8. The third-order valence-electron chi connectivity index (χ3n) is 3.59. The van der Waals surface area contributed by atoms with Crippen molar-refractivity contribution in [3.05, 3.63) is 64.7 Å². The number of hydrogen-bond donors (Lipinski definition) is 3. The Kier molecular flexibility index (Phi) is 5.17. The Balaban J connectivity index is 2.00. The Morgan fingerprint density at radius 2 is 1.91 bits per heavy atom. The van der Waals surface area contributed by atoms with Crippen molar-refractivity contribution in [2.45, 2.75) is 32.9 Å². The number of rotatable bonds is 6. The Morgan fingerprint density at radius 1 is 1.14 bits per heavy atom. The van der Waals surface area contributed by atoms with Crippen LogP contribution >= 0.6 is 0 Å². The van der Waals surface area contributed by atoms with Gasteiger partial charge in [0, 0.05) is 18.7 Å². The van der Waals surface area contributed by atoms with Crippen LogP contribution in [0.15, 0.2) is 42.5 Å². The van der Waals surface area contributed by atoms with Gasteiger partial charge in [0.25, 0.3) is 0 Å². The highest BCUT2D eigenvalue weighted by Crippen LogP contribution is 2.23. The maximum absolute atomic E-state index is 10.9. The van der Waals surface area contributed by atoms with E-state index in [2.05, 4.69) is 19.2 Å². The molecule has 0 heterocycles. The van der Waals surface area contributed by atoms with Gasteiger partial charge in [0.2, 0.25) is 0 Å². The molecule has 22 heavy (non-hydrogen) atoms. The molecular formula is C18H21NO3. The van der Waals surface area contributed by atoms with Crippen LogP contribution in [0.3, 0.4) is 0 Å². The van der Waals surface area contributed by atoms with Crippen LogP contribution in [0.4, 0.5) is 0 Å². The molecule has 0 aliphatic rings. The molecule has 0 aliphatic heterocycles. The second-order valence-corrected chi connectivity index (χ2v) is 5.65. The van der Waals surface area contributed by atoms with Crippen molar-refractivity contribution in [3.8, 4) is 5.75 Å². The van der Waals surface area contributed by atoms with E-state index in [1.54, 1.807) is 24.3 Å². The maximum atomic E-state index is 10.9. The number of nitrogens with one attached hydrogen (secondary N) is 1. The average molecular weight is 299 g/mol. The van der Waals surface area contributed by atoms with Crippen LogP contribution in [-0.2, 0) is 13.1 Å². The van der Waals surface area contributed by atoms with Crippen LogP contribution in [0.1, 0.15) is 46.8 Å². The van der Waals surface area contributed by atoms with Gasteiger partial charge in [-0.2, -0.15) is 0 Å². The summed E-state index contributed by atoms with van der Waals surface area (Å²) < 4.78 is 0. The van der Waals surface area contributed by atoms with Gasteiger partial charge in [-0.1, -0.05) is 38.1 Å². The highest BCUT2D eigenvalue weighted by atomic mass is 16.4. The van der Waals surface area contributed by atoms with Gasteiger partial charge in [-0.05, 0) is 35.2 Å². The van der Waals surface area contributed by atoms with Crippen molar-refractivity contribution in [3.63, 3.8) is 0 Å². The molecule has 3 N–H and O–H groups in total. The first-order valence-corrected chi connectivity index (χ1v) is 7.32. The summed E-state index contributed by atoms with van der Waals surface area (Å²) in [6, 6.07) is 12.5. The second-order valence-electron chi connectivity index (χ2n) is 5.65. The van der Waals surface area contributed by atoms with Crippen molar-refractivity contribution < 1.29 is 15.0 Å². The predicted octanol–water partition coefficient (Wildman–Crippen LogP) is 3.50. The second kappa shape index (κ2) is 7.09. The summed E-state index contributed by atoms with van der Waals surface area (Å²) in [4.78, 5) is 10.9. The zero-order valence-corrected chi connectivity index (χ0v) is 12.8. The molecule has 0 atom stereocenters. The van der Waals surface area contributed by atoms with Gasteiger partial charge in [-0.15, -0.1) is 0 Å². The molecule has 0 unspecified atom stereocenters. The van der Waals surface area contributed by atoms with E-state index in [-0.39, 0.29) is 11.3 Å². The van der Waals surface area contributed by atoms with E-state index in [9.17, 15) is 9.90 Å². The van der Waals surface area contributed by atoms with Crippen molar-refractivity contribution in [2.24, 2.45) is 0 Å². The van der Waals surface area contributed by atoms with Crippen molar-refractivity contribution in [2.75, 3.05) is 0 Å². The third-order valence-corrected chi connectivity index (χ3v) is 3.59. The van der Waals surface area contributed by atoms with Gasteiger partial charge in [0.05, 0.1) is 5.56 Å². The summed E-state index contributed by atoms with van der Waals surface area (Å²) in [7, 11) is 0. The van der Waals surface area contributed by atoms with Gasteiger partial charge in [-0.25, -0.2) is 4.79 Å². The molecule has 0 aliphatic carbocycles. The fourth-order valence-corrected chi connectivity index (χ4v) is 2.26. The lowest BCUT2D eigenvalue weighted by Gasteiger charge is -2.11. The minimum absolute atomic E-state index is 0.274. The lowest BCUT2D eigenvalue weighted by atomic mass is 10.0. The summed E-state index contributed by atoms with van der Waals surface area (Å²) in [5, 5.41) is 22.1. The highest BCUT2D eigenvalue weighted by Gasteiger charge is 2.06. The standard InChI is InChI=1S/C18H21NO3/c1-12(2)14-6-7-17(20)16(9-14)11-19-10-13-4-3-5-15(8-13)18(21)22/h3-9,12,19-20H,10-11H2,1-2H3,(H,21,22). The van der Waals surface area contributed by atoms with E-state index in [0.29, 0.717) is 19.0 Å². The molecule has 0 bridgehead atoms. The number of phenolic OH excluding ortho intramolecular Hbond substituents is 1. The van der Waals surface area contributed by atoms with E-state index in [1.165, 1.54) is 5.56 Å². The average Bonchev–Trinajstić information content (AvgIpc) is 2.49. The van der Waals surface area contributed by atoms with Gasteiger partial charge < -0.3 is 15.5 Å². The number of carboxylic acids is 1. The van der Waals surface area contributed by atoms with E-state index in [0.717, 1.165) is 11.1 Å². The van der Waals surface area contributed by atoms with Gasteiger partial charge >= 0.3 is 5.97 Å². The van der Waals surface area contributed by atoms with Crippen molar-refractivity contribution >= 4 is 5.97 Å². The number of phenols is 1. The largest absolute Gasteiger partial charge is 0.508 e. The van der Waals surface area contributed by atoms with Crippen LogP contribution in [0.2, 0.25) is 0 Å². The molecule has 2 aromatic rings. The molecule has 4 heteroatoms. The Labute approximate surface area is 130 Å². The normalized spacial score (nSPS) is 10.9. The van der Waals surface area contributed by atoms with Gasteiger partial charge in [0.15, 0.2) is 0 Å². The first-order chi connectivity index (χ1) is 10.5. The SMILES string of the molecule is CC(C)c1ccc(O)c(CNCc2cccc(C(=O)O)c2)c1. The van der Waals surface area contributed by atoms with Crippen LogP contribution in [0, 0.1) is 0 Å². The predicted molar refractivity (Wildman–Crippen MR) is 86.1 cm³/mol. The minimum atomic E-state index is -0.927. The van der Waals surface area contributed by atoms with Gasteiger partial charge in [0.1, 0.15) is 5.75 Å². The van der Waals surface area contributed by atoms with Crippen LogP contribution in [-0.4, -0.2) is 16.2 Å². The Hall–Kier alpha value is -2.33. The van der Waals surface area contributed by atoms with Crippen molar-refractivity contribution in [1.82, 2.24) is 5.32 Å². The van der Waals surface area contributed by atoms with E-state index in [1.807, 2.05) is 18.2 Å². The summed E-state index contributed by atoms with van der Waals surface area (Å²) in [6.45, 7) is 5.30. The quantitative estimate of drug-likeness (QED) is 0.763. The van der Waals surface area contributed by atoms with Crippen LogP contribution in [0.25, 0.3) is 0 Å². The monoisotopic (exact) mass is 299 g/mol. The molecule has 116 valence electrons. The number of aromatic carboxylic acids is 1. The summed E-state index contributed by atoms with van der Waals surface area (Å²) >= 11 is 0. The highest BCUT2D eigenvalue weighted by molar-refractivity contribution is 5.87. The fourth-order valence-electron chi connectivity index (χ4n) is 2.26. The topological polar surface area (TPSA) is 69.6 Å². The molecule has 0 radical (unpaired) electrons. The first-order valence-electron chi connectivity index (χ1n) is 7.32. The van der Waals surface area contributed by atoms with Crippen LogP contribution in [0.5, 0.6) is 5.75 Å². The lowest BCUT2D eigenvalue weighted by Crippen LogP contribution is -2.13. The Morgan fingerprint density at radius 3 is 2.59 bits per heavy atom. The van der Waals surface area contributed by atoms with Crippen LogP contribution < -0.4 is 5.32 Å².